The normalized spacial score (nSPS) is 12.0. The molecule has 1 rings (SSSR count). The van der Waals surface area contributed by atoms with Crippen molar-refractivity contribution in [1.29, 1.82) is 0 Å². The molecule has 8 heteroatoms. The fraction of sp³-hybridized carbons (Fsp3) is 0.462. The Hall–Kier alpha value is -1.51. The molecule has 0 fully saturated rings. The van der Waals surface area contributed by atoms with Gasteiger partial charge in [-0.25, -0.2) is 17.8 Å². The second-order valence-corrected chi connectivity index (χ2v) is 6.50. The second kappa shape index (κ2) is 6.97. The zero-order valence-corrected chi connectivity index (χ0v) is 13.4. The Bertz CT molecular complexity index is 613. The van der Waals surface area contributed by atoms with Crippen molar-refractivity contribution in [2.75, 3.05) is 27.2 Å². The summed E-state index contributed by atoms with van der Waals surface area (Å²) in [6.45, 7) is 4.03. The molecule has 1 N–H and O–H groups in total. The van der Waals surface area contributed by atoms with Crippen molar-refractivity contribution < 1.29 is 17.6 Å². The molecular formula is C13H20FN3O3S. The largest absolute Gasteiger partial charge is 0.285 e. The Morgan fingerprint density at radius 1 is 1.24 bits per heavy atom. The van der Waals surface area contributed by atoms with Gasteiger partial charge in [0.05, 0.1) is 10.5 Å². The Kier molecular flexibility index (Phi) is 5.82. The van der Waals surface area contributed by atoms with Gasteiger partial charge in [-0.3, -0.25) is 10.2 Å². The Balaban J connectivity index is 3.27. The zero-order chi connectivity index (χ0) is 16.2. The molecule has 1 amide bonds. The SMILES string of the molecule is CCN(CC)S(=O)(=O)c1ccc(F)c(C(=O)NN(C)C)c1. The van der Waals surface area contributed by atoms with E-state index in [0.717, 1.165) is 18.2 Å². The van der Waals surface area contributed by atoms with Crippen LogP contribution in [-0.4, -0.2) is 50.8 Å². The van der Waals surface area contributed by atoms with Crippen molar-refractivity contribution in [2.24, 2.45) is 0 Å². The van der Waals surface area contributed by atoms with E-state index >= 15 is 0 Å². The van der Waals surface area contributed by atoms with Crippen LogP contribution >= 0.6 is 0 Å². The van der Waals surface area contributed by atoms with Crippen LogP contribution in [0.3, 0.4) is 0 Å². The number of hydrogen-bond acceptors (Lipinski definition) is 4. The molecule has 0 bridgehead atoms. The van der Waals surface area contributed by atoms with Gasteiger partial charge < -0.3 is 0 Å². The van der Waals surface area contributed by atoms with E-state index in [0.29, 0.717) is 13.1 Å². The monoisotopic (exact) mass is 317 g/mol. The molecule has 6 nitrogen and oxygen atoms in total. The highest BCUT2D eigenvalue weighted by Gasteiger charge is 2.24. The van der Waals surface area contributed by atoms with E-state index < -0.39 is 21.7 Å². The summed E-state index contributed by atoms with van der Waals surface area (Å²) in [5.74, 6) is -1.47. The molecule has 0 atom stereocenters. The molecule has 0 aromatic heterocycles. The highest BCUT2D eigenvalue weighted by molar-refractivity contribution is 7.89. The first kappa shape index (κ1) is 17.5. The van der Waals surface area contributed by atoms with E-state index in [1.165, 1.54) is 9.31 Å². The molecule has 1 aromatic carbocycles. The maximum atomic E-state index is 13.7. The summed E-state index contributed by atoms with van der Waals surface area (Å²) < 4.78 is 39.7. The standard InChI is InChI=1S/C13H20FN3O3S/c1-5-17(6-2)21(19,20)10-7-8-12(14)11(9-10)13(18)15-16(3)4/h7-9H,5-6H2,1-4H3,(H,15,18). The van der Waals surface area contributed by atoms with Gasteiger partial charge in [-0.2, -0.15) is 4.31 Å². The molecule has 0 aliphatic heterocycles. The molecule has 0 unspecified atom stereocenters. The fourth-order valence-electron chi connectivity index (χ4n) is 1.81. The Morgan fingerprint density at radius 3 is 2.29 bits per heavy atom. The molecule has 0 aliphatic rings. The van der Waals surface area contributed by atoms with Gasteiger partial charge in [-0.05, 0) is 18.2 Å². The van der Waals surface area contributed by atoms with Gasteiger partial charge in [-0.15, -0.1) is 0 Å². The lowest BCUT2D eigenvalue weighted by Gasteiger charge is -2.19. The van der Waals surface area contributed by atoms with E-state index in [-0.39, 0.29) is 10.5 Å². The minimum atomic E-state index is -3.73. The number of carbonyl (C=O) groups is 1. The number of benzene rings is 1. The third kappa shape index (κ3) is 3.99. The van der Waals surface area contributed by atoms with E-state index in [1.807, 2.05) is 0 Å². The minimum Gasteiger partial charge on any atom is -0.285 e. The summed E-state index contributed by atoms with van der Waals surface area (Å²) in [6, 6.07) is 3.21. The molecule has 1 aromatic rings. The average Bonchev–Trinajstić information content (AvgIpc) is 2.39. The van der Waals surface area contributed by atoms with Crippen LogP contribution in [0.1, 0.15) is 24.2 Å². The molecule has 21 heavy (non-hydrogen) atoms. The number of carbonyl (C=O) groups excluding carboxylic acids is 1. The average molecular weight is 317 g/mol. The lowest BCUT2D eigenvalue weighted by Crippen LogP contribution is -2.37. The van der Waals surface area contributed by atoms with Gasteiger partial charge in [-0.1, -0.05) is 13.8 Å². The van der Waals surface area contributed by atoms with Crippen molar-refractivity contribution in [2.45, 2.75) is 18.7 Å². The van der Waals surface area contributed by atoms with Crippen LogP contribution in [0.5, 0.6) is 0 Å². The van der Waals surface area contributed by atoms with Gasteiger partial charge in [0, 0.05) is 27.2 Å². The maximum absolute atomic E-state index is 13.7. The van der Waals surface area contributed by atoms with E-state index in [2.05, 4.69) is 5.43 Å². The topological polar surface area (TPSA) is 69.7 Å². The number of hydrazine groups is 1. The fourth-order valence-corrected chi connectivity index (χ4v) is 3.30. The lowest BCUT2D eigenvalue weighted by atomic mass is 10.2. The third-order valence-corrected chi connectivity index (χ3v) is 4.90. The molecule has 0 saturated heterocycles. The molecule has 118 valence electrons. The van der Waals surface area contributed by atoms with Crippen molar-refractivity contribution in [3.05, 3.63) is 29.6 Å². The first-order valence-electron chi connectivity index (χ1n) is 6.52. The summed E-state index contributed by atoms with van der Waals surface area (Å²) in [5, 5.41) is 1.35. The second-order valence-electron chi connectivity index (χ2n) is 4.57. The van der Waals surface area contributed by atoms with Crippen LogP contribution in [0.15, 0.2) is 23.1 Å². The molecule has 0 heterocycles. The number of halogens is 1. The van der Waals surface area contributed by atoms with E-state index in [1.54, 1.807) is 27.9 Å². The van der Waals surface area contributed by atoms with Gasteiger partial charge in [0.1, 0.15) is 5.82 Å². The smallest absolute Gasteiger partial charge is 0.268 e. The van der Waals surface area contributed by atoms with Crippen molar-refractivity contribution >= 4 is 15.9 Å². The number of rotatable bonds is 6. The van der Waals surface area contributed by atoms with Crippen LogP contribution in [0.2, 0.25) is 0 Å². The first-order chi connectivity index (χ1) is 9.73. The van der Waals surface area contributed by atoms with Gasteiger partial charge in [0.15, 0.2) is 0 Å². The van der Waals surface area contributed by atoms with Gasteiger partial charge in [0.25, 0.3) is 5.91 Å². The molecule has 0 radical (unpaired) electrons. The molecule has 0 aliphatic carbocycles. The Morgan fingerprint density at radius 2 is 1.81 bits per heavy atom. The van der Waals surface area contributed by atoms with Crippen molar-refractivity contribution in [1.82, 2.24) is 14.7 Å². The van der Waals surface area contributed by atoms with E-state index in [4.69, 9.17) is 0 Å². The Labute approximate surface area is 124 Å². The number of nitrogens with one attached hydrogen (secondary N) is 1. The van der Waals surface area contributed by atoms with Crippen LogP contribution < -0.4 is 5.43 Å². The van der Waals surface area contributed by atoms with Crippen molar-refractivity contribution in [3.8, 4) is 0 Å². The minimum absolute atomic E-state index is 0.100. The maximum Gasteiger partial charge on any atom is 0.268 e. The number of nitrogens with zero attached hydrogens (tertiary/aromatic N) is 2. The third-order valence-electron chi connectivity index (χ3n) is 2.85. The highest BCUT2D eigenvalue weighted by Crippen LogP contribution is 2.19. The molecule has 0 saturated carbocycles. The summed E-state index contributed by atoms with van der Waals surface area (Å²) in [4.78, 5) is 11.8. The number of amides is 1. The number of sulfonamides is 1. The van der Waals surface area contributed by atoms with Crippen LogP contribution in [0.4, 0.5) is 4.39 Å². The summed E-state index contributed by atoms with van der Waals surface area (Å²) in [5.41, 5.74) is 2.07. The van der Waals surface area contributed by atoms with Crippen LogP contribution in [-0.2, 0) is 10.0 Å². The van der Waals surface area contributed by atoms with E-state index in [9.17, 15) is 17.6 Å². The van der Waals surface area contributed by atoms with Crippen LogP contribution in [0.25, 0.3) is 0 Å². The number of hydrogen-bond donors (Lipinski definition) is 1. The predicted octanol–water partition coefficient (Wildman–Crippen LogP) is 1.06. The molecular weight excluding hydrogens is 297 g/mol. The summed E-state index contributed by atoms with van der Waals surface area (Å²) >= 11 is 0. The molecule has 0 spiro atoms. The summed E-state index contributed by atoms with van der Waals surface area (Å²) in [6.07, 6.45) is 0. The van der Waals surface area contributed by atoms with Gasteiger partial charge >= 0.3 is 0 Å². The van der Waals surface area contributed by atoms with Crippen LogP contribution in [0, 0.1) is 5.82 Å². The lowest BCUT2D eigenvalue weighted by molar-refractivity contribution is 0.0852. The highest BCUT2D eigenvalue weighted by atomic mass is 32.2. The van der Waals surface area contributed by atoms with Gasteiger partial charge in [0.2, 0.25) is 10.0 Å². The quantitative estimate of drug-likeness (QED) is 0.797. The van der Waals surface area contributed by atoms with Crippen molar-refractivity contribution in [3.63, 3.8) is 0 Å². The first-order valence-corrected chi connectivity index (χ1v) is 7.96. The predicted molar refractivity (Wildman–Crippen MR) is 77.7 cm³/mol. The zero-order valence-electron chi connectivity index (χ0n) is 12.6. The summed E-state index contributed by atoms with van der Waals surface area (Å²) in [7, 11) is -0.578.